The second-order valence-corrected chi connectivity index (χ2v) is 20.4. The highest BCUT2D eigenvalue weighted by atomic mass is 32.2. The van der Waals surface area contributed by atoms with E-state index < -0.39 is 31.3 Å². The maximum atomic E-state index is 10.7. The molecule has 0 bridgehead atoms. The molecule has 0 unspecified atom stereocenters. The number of aromatic amines is 2. The normalized spacial score (nSPS) is 13.4. The maximum absolute atomic E-state index is 10.7. The van der Waals surface area contributed by atoms with Gasteiger partial charge >= 0.3 is 11.0 Å². The third kappa shape index (κ3) is 10.3. The molecule has 6 heterocycles. The van der Waals surface area contributed by atoms with Gasteiger partial charge in [0.2, 0.25) is 11.4 Å². The number of aromatic nitrogens is 4. The van der Waals surface area contributed by atoms with Crippen molar-refractivity contribution in [1.29, 1.82) is 0 Å². The fourth-order valence-electron chi connectivity index (χ4n) is 9.60. The Labute approximate surface area is 422 Å². The number of halogens is 6. The lowest BCUT2D eigenvalue weighted by atomic mass is 9.79. The predicted octanol–water partition coefficient (Wildman–Crippen LogP) is 12.1. The van der Waals surface area contributed by atoms with E-state index >= 15 is 0 Å². The average molecular weight is 1050 g/mol. The van der Waals surface area contributed by atoms with E-state index in [1.807, 2.05) is 0 Å². The zero-order valence-corrected chi connectivity index (χ0v) is 41.1. The van der Waals surface area contributed by atoms with Crippen LogP contribution in [0.4, 0.5) is 26.3 Å². The molecule has 9 aromatic rings. The van der Waals surface area contributed by atoms with Crippen LogP contribution in [0.1, 0.15) is 44.5 Å². The minimum Gasteiger partial charge on any atom is -0.741 e. The van der Waals surface area contributed by atoms with Crippen molar-refractivity contribution in [2.24, 2.45) is 0 Å². The molecule has 0 saturated carbocycles. The molecule has 0 radical (unpaired) electrons. The molecule has 0 atom stereocenters. The van der Waals surface area contributed by atoms with E-state index in [4.69, 9.17) is 25.9 Å². The number of nitrogens with zero attached hydrogens (tertiary/aromatic N) is 2. The van der Waals surface area contributed by atoms with Gasteiger partial charge in [0.25, 0.3) is 0 Å². The summed E-state index contributed by atoms with van der Waals surface area (Å²) in [7, 11) is -12.2. The summed E-state index contributed by atoms with van der Waals surface area (Å²) in [5.74, 6) is 0. The predicted molar refractivity (Wildman–Crippen MR) is 271 cm³/mol. The number of alkyl halides is 6. The van der Waals surface area contributed by atoms with Gasteiger partial charge in [-0.25, -0.2) is 16.8 Å². The fourth-order valence-corrected chi connectivity index (χ4v) is 9.60. The van der Waals surface area contributed by atoms with E-state index in [9.17, 15) is 26.3 Å². The molecule has 0 saturated heterocycles. The summed E-state index contributed by atoms with van der Waals surface area (Å²) in [4.78, 5) is 7.42. The van der Waals surface area contributed by atoms with Gasteiger partial charge in [0.15, 0.2) is 45.7 Å². The average Bonchev–Trinajstić information content (AvgIpc) is 3.96. The lowest BCUT2D eigenvalue weighted by Gasteiger charge is -2.27. The highest BCUT2D eigenvalue weighted by Crippen LogP contribution is 2.44. The lowest BCUT2D eigenvalue weighted by molar-refractivity contribution is -0.689. The topological polar surface area (TPSA) is 154 Å². The van der Waals surface area contributed by atoms with Crippen molar-refractivity contribution < 1.29 is 61.4 Å². The van der Waals surface area contributed by atoms with Crippen molar-refractivity contribution in [3.8, 4) is 45.0 Å². The minimum atomic E-state index is -6.09. The summed E-state index contributed by atoms with van der Waals surface area (Å²) >= 11 is 0. The number of rotatable bonds is 6. The second-order valence-electron chi connectivity index (χ2n) is 17.7. The highest BCUT2D eigenvalue weighted by Gasteiger charge is 2.38. The van der Waals surface area contributed by atoms with Crippen LogP contribution in [0.5, 0.6) is 0 Å². The number of hydrogen-bond donors (Lipinski definition) is 2. The molecule has 2 aliphatic rings. The van der Waals surface area contributed by atoms with Crippen molar-refractivity contribution in [2.45, 2.75) is 50.8 Å². The number of nitrogens with one attached hydrogen (secondary N) is 2. The molecule has 5 aromatic carbocycles. The van der Waals surface area contributed by atoms with E-state index in [1.54, 1.807) is 0 Å². The molecule has 0 spiro atoms. The summed E-state index contributed by atoms with van der Waals surface area (Å²) in [6.45, 7) is 6.65. The van der Waals surface area contributed by atoms with E-state index in [0.717, 1.165) is 48.4 Å². The summed E-state index contributed by atoms with van der Waals surface area (Å²) in [6.07, 6.45) is 15.8. The smallest absolute Gasteiger partial charge is 0.485 e. The Kier molecular flexibility index (Phi) is 13.9. The molecular formula is C56H44F6N4O6S2. The van der Waals surface area contributed by atoms with Gasteiger partial charge in [0.1, 0.15) is 0 Å². The van der Waals surface area contributed by atoms with E-state index in [0.29, 0.717) is 0 Å². The van der Waals surface area contributed by atoms with Gasteiger partial charge in [-0.3, -0.25) is 0 Å². The van der Waals surface area contributed by atoms with Gasteiger partial charge in [0.05, 0.1) is 22.5 Å². The number of aryl methyl sites for hydroxylation is 2. The molecule has 0 fully saturated rings. The third-order valence-electron chi connectivity index (χ3n) is 13.2. The fraction of sp³-hybridized carbons (Fsp3) is 0.143. The maximum Gasteiger partial charge on any atom is 0.485 e. The molecule has 0 aliphatic carbocycles. The number of pyridine rings is 2. The van der Waals surface area contributed by atoms with Crippen LogP contribution in [0.3, 0.4) is 0 Å². The van der Waals surface area contributed by atoms with Gasteiger partial charge in [-0.15, -0.1) is 0 Å². The van der Waals surface area contributed by atoms with Crippen LogP contribution in [-0.2, 0) is 46.2 Å². The zero-order valence-electron chi connectivity index (χ0n) is 39.4. The van der Waals surface area contributed by atoms with Crippen molar-refractivity contribution in [2.75, 3.05) is 0 Å². The number of H-pyrrole nitrogens is 2. The van der Waals surface area contributed by atoms with Crippen LogP contribution in [0.25, 0.3) is 91.1 Å². The van der Waals surface area contributed by atoms with Crippen LogP contribution >= 0.6 is 0 Å². The van der Waals surface area contributed by atoms with Gasteiger partial charge in [-0.1, -0.05) is 121 Å². The minimum absolute atomic E-state index is 0.975. The SMILES string of the molecule is Cc1c(C)c2c(c3c1CC[n+]1ccc(/C=C/c4c(-c5ccccc5)[nH]c5ccccc45)cc1-3)-c1cc(/C=C/c3c(-c4ccccc4)[nH]c4ccccc34)cc[n+]1CC2.O=S(=O)([O-])C(F)(F)F.O=S(=O)([O-])C(F)(F)F. The second kappa shape index (κ2) is 20.0. The van der Waals surface area contributed by atoms with Crippen LogP contribution in [-0.4, -0.2) is 46.9 Å². The molecule has 378 valence electrons. The quantitative estimate of drug-likeness (QED) is 0.0732. The Morgan fingerprint density at radius 1 is 0.500 bits per heavy atom. The molecule has 2 N–H and O–H groups in total. The summed E-state index contributed by atoms with van der Waals surface area (Å²) in [6, 6.07) is 47.9. The number of benzene rings is 5. The summed E-state index contributed by atoms with van der Waals surface area (Å²) in [5.41, 5.74) is 11.8. The van der Waals surface area contributed by atoms with E-state index in [1.165, 1.54) is 88.9 Å². The first-order valence-electron chi connectivity index (χ1n) is 23.0. The third-order valence-corrected chi connectivity index (χ3v) is 14.4. The van der Waals surface area contributed by atoms with Crippen molar-refractivity contribution in [1.82, 2.24) is 9.97 Å². The highest BCUT2D eigenvalue weighted by molar-refractivity contribution is 7.86. The first-order chi connectivity index (χ1) is 35.1. The zero-order chi connectivity index (χ0) is 52.7. The van der Waals surface area contributed by atoms with Crippen LogP contribution in [0.15, 0.2) is 146 Å². The molecule has 4 aromatic heterocycles. The van der Waals surface area contributed by atoms with Gasteiger partial charge in [-0.2, -0.15) is 35.5 Å². The largest absolute Gasteiger partial charge is 0.741 e. The van der Waals surface area contributed by atoms with Crippen molar-refractivity contribution in [3.05, 3.63) is 190 Å². The molecule has 2 aliphatic heterocycles. The van der Waals surface area contributed by atoms with Crippen molar-refractivity contribution >= 4 is 66.3 Å². The Hall–Kier alpha value is -7.64. The Balaban J connectivity index is 0.000000366. The monoisotopic (exact) mass is 1050 g/mol. The van der Waals surface area contributed by atoms with Gasteiger partial charge in [0, 0.05) is 70.0 Å². The lowest BCUT2D eigenvalue weighted by Crippen LogP contribution is -2.43. The number of para-hydroxylation sites is 2. The van der Waals surface area contributed by atoms with Crippen LogP contribution in [0.2, 0.25) is 0 Å². The Morgan fingerprint density at radius 2 is 0.838 bits per heavy atom. The number of fused-ring (bicyclic) bond motifs is 9. The Morgan fingerprint density at radius 3 is 1.19 bits per heavy atom. The van der Waals surface area contributed by atoms with Crippen LogP contribution < -0.4 is 9.13 Å². The molecule has 74 heavy (non-hydrogen) atoms. The standard InChI is InChI=1S/C54H42N4.2CHF3O3S/c1-35-36(2)42-28-32-58-30-26-38(22-24-46-44-18-10-12-20-48(44)56-54(46)40-15-7-4-8-16-40)34-50(58)52(42)51-41(35)27-31-57-29-25-37(33-49(51)57)21-23-45-43-17-9-11-19-47(43)55-53(45)39-13-5-3-6-14-39;2*2-1(3,4)8(5,6)7/h3-26,29-30,33-34H,27-28,31-32H2,1-2H3;2*(H,5,6,7). The van der Waals surface area contributed by atoms with Gasteiger partial charge < -0.3 is 19.1 Å². The molecule has 0 amide bonds. The van der Waals surface area contributed by atoms with Crippen molar-refractivity contribution in [3.63, 3.8) is 0 Å². The molecule has 18 heteroatoms. The van der Waals surface area contributed by atoms with Gasteiger partial charge in [-0.05, 0) is 70.5 Å². The summed E-state index contributed by atoms with van der Waals surface area (Å²) < 4.78 is 123. The van der Waals surface area contributed by atoms with Crippen LogP contribution in [0, 0.1) is 13.8 Å². The summed E-state index contributed by atoms with van der Waals surface area (Å²) in [5, 5.41) is 2.46. The van der Waals surface area contributed by atoms with E-state index in [2.05, 4.69) is 203 Å². The van der Waals surface area contributed by atoms with E-state index in [-0.39, 0.29) is 0 Å². The Bertz CT molecular complexity index is 3650. The first-order valence-corrected chi connectivity index (χ1v) is 25.9. The first kappa shape index (κ1) is 51.3. The molecule has 11 rings (SSSR count). The molecular weight excluding hydrogens is 1000 g/mol. The molecule has 10 nitrogen and oxygen atoms in total. The number of hydrogen-bond acceptors (Lipinski definition) is 6.